The van der Waals surface area contributed by atoms with Crippen LogP contribution in [0.1, 0.15) is 53.9 Å². The van der Waals surface area contributed by atoms with Crippen LogP contribution < -0.4 is 5.32 Å². The standard InChI is InChI=1S/C15H32N2/c1-6-17-10-7-8-14(9-11-17)16-12-15(4,5)13(2)3/h13-14,16H,6-12H2,1-5H3. The average Bonchev–Trinajstić information content (AvgIpc) is 2.51. The summed E-state index contributed by atoms with van der Waals surface area (Å²) >= 11 is 0. The summed E-state index contributed by atoms with van der Waals surface area (Å²) in [5.74, 6) is 0.743. The molecule has 0 saturated carbocycles. The molecule has 1 atom stereocenters. The molecular formula is C15H32N2. The molecule has 0 bridgehead atoms. The van der Waals surface area contributed by atoms with Crippen LogP contribution in [-0.4, -0.2) is 37.1 Å². The molecule has 1 aliphatic rings. The van der Waals surface area contributed by atoms with Gasteiger partial charge in [-0.3, -0.25) is 0 Å². The first-order chi connectivity index (χ1) is 7.95. The SMILES string of the molecule is CCN1CCCC(NCC(C)(C)C(C)C)CC1. The zero-order valence-electron chi connectivity index (χ0n) is 12.6. The van der Waals surface area contributed by atoms with Crippen LogP contribution in [-0.2, 0) is 0 Å². The normalized spacial score (nSPS) is 24.0. The van der Waals surface area contributed by atoms with Crippen molar-refractivity contribution in [3.05, 3.63) is 0 Å². The van der Waals surface area contributed by atoms with Gasteiger partial charge in [-0.05, 0) is 50.2 Å². The van der Waals surface area contributed by atoms with Crippen molar-refractivity contribution in [1.29, 1.82) is 0 Å². The molecule has 0 aliphatic carbocycles. The van der Waals surface area contributed by atoms with Gasteiger partial charge in [0, 0.05) is 12.6 Å². The predicted molar refractivity (Wildman–Crippen MR) is 76.4 cm³/mol. The van der Waals surface area contributed by atoms with Crippen LogP contribution in [0.15, 0.2) is 0 Å². The van der Waals surface area contributed by atoms with Gasteiger partial charge in [0.2, 0.25) is 0 Å². The monoisotopic (exact) mass is 240 g/mol. The molecule has 1 N–H and O–H groups in total. The second kappa shape index (κ2) is 6.75. The first-order valence-corrected chi connectivity index (χ1v) is 7.41. The molecule has 0 aromatic rings. The Balaban J connectivity index is 2.32. The number of likely N-dealkylation sites (tertiary alicyclic amines) is 1. The fourth-order valence-corrected chi connectivity index (χ4v) is 2.29. The molecule has 1 heterocycles. The Morgan fingerprint density at radius 2 is 1.94 bits per heavy atom. The van der Waals surface area contributed by atoms with Gasteiger partial charge < -0.3 is 10.2 Å². The summed E-state index contributed by atoms with van der Waals surface area (Å²) in [7, 11) is 0. The number of nitrogens with zero attached hydrogens (tertiary/aromatic N) is 1. The van der Waals surface area contributed by atoms with E-state index in [2.05, 4.69) is 44.8 Å². The van der Waals surface area contributed by atoms with Crippen molar-refractivity contribution < 1.29 is 0 Å². The van der Waals surface area contributed by atoms with Crippen molar-refractivity contribution in [3.8, 4) is 0 Å². The van der Waals surface area contributed by atoms with Gasteiger partial charge in [0.25, 0.3) is 0 Å². The maximum Gasteiger partial charge on any atom is 0.00799 e. The second-order valence-electron chi connectivity index (χ2n) is 6.59. The first kappa shape index (κ1) is 15.0. The first-order valence-electron chi connectivity index (χ1n) is 7.41. The van der Waals surface area contributed by atoms with E-state index in [4.69, 9.17) is 0 Å². The van der Waals surface area contributed by atoms with E-state index in [1.54, 1.807) is 0 Å². The minimum atomic E-state index is 0.413. The Labute approximate surface area is 108 Å². The summed E-state index contributed by atoms with van der Waals surface area (Å²) in [5.41, 5.74) is 0.413. The molecule has 1 aliphatic heterocycles. The Bertz CT molecular complexity index is 211. The third kappa shape index (κ3) is 4.97. The number of hydrogen-bond donors (Lipinski definition) is 1. The highest BCUT2D eigenvalue weighted by Gasteiger charge is 2.24. The lowest BCUT2D eigenvalue weighted by Gasteiger charge is -2.31. The Hall–Kier alpha value is -0.0800. The van der Waals surface area contributed by atoms with Gasteiger partial charge in [0.1, 0.15) is 0 Å². The van der Waals surface area contributed by atoms with Gasteiger partial charge in [-0.1, -0.05) is 34.6 Å². The molecule has 1 fully saturated rings. The van der Waals surface area contributed by atoms with E-state index in [-0.39, 0.29) is 0 Å². The lowest BCUT2D eigenvalue weighted by atomic mass is 9.81. The molecule has 102 valence electrons. The summed E-state index contributed by atoms with van der Waals surface area (Å²) in [6, 6.07) is 0.740. The maximum absolute atomic E-state index is 3.80. The molecule has 1 saturated heterocycles. The van der Waals surface area contributed by atoms with E-state index in [0.29, 0.717) is 5.41 Å². The van der Waals surface area contributed by atoms with Crippen LogP contribution in [0.2, 0.25) is 0 Å². The fraction of sp³-hybridized carbons (Fsp3) is 1.00. The minimum absolute atomic E-state index is 0.413. The highest BCUT2D eigenvalue weighted by atomic mass is 15.1. The average molecular weight is 240 g/mol. The van der Waals surface area contributed by atoms with E-state index < -0.39 is 0 Å². The van der Waals surface area contributed by atoms with Gasteiger partial charge in [-0.25, -0.2) is 0 Å². The van der Waals surface area contributed by atoms with E-state index >= 15 is 0 Å². The molecule has 0 radical (unpaired) electrons. The fourth-order valence-electron chi connectivity index (χ4n) is 2.29. The molecule has 0 spiro atoms. The van der Waals surface area contributed by atoms with Crippen molar-refractivity contribution in [1.82, 2.24) is 10.2 Å². The number of nitrogens with one attached hydrogen (secondary N) is 1. The van der Waals surface area contributed by atoms with E-state index in [1.165, 1.54) is 38.9 Å². The van der Waals surface area contributed by atoms with E-state index in [1.807, 2.05) is 0 Å². The third-order valence-electron chi connectivity index (χ3n) is 4.68. The smallest absolute Gasteiger partial charge is 0.00799 e. The summed E-state index contributed by atoms with van der Waals surface area (Å²) in [6.07, 6.45) is 4.03. The van der Waals surface area contributed by atoms with Crippen LogP contribution in [0.25, 0.3) is 0 Å². The highest BCUT2D eigenvalue weighted by molar-refractivity contribution is 4.80. The summed E-state index contributed by atoms with van der Waals surface area (Å²) in [4.78, 5) is 2.58. The lowest BCUT2D eigenvalue weighted by molar-refractivity contribution is 0.223. The van der Waals surface area contributed by atoms with Crippen LogP contribution in [0, 0.1) is 11.3 Å². The van der Waals surface area contributed by atoms with E-state index in [9.17, 15) is 0 Å². The minimum Gasteiger partial charge on any atom is -0.313 e. The van der Waals surface area contributed by atoms with Crippen LogP contribution in [0.4, 0.5) is 0 Å². The Morgan fingerprint density at radius 1 is 1.24 bits per heavy atom. The summed E-state index contributed by atoms with van der Waals surface area (Å²) < 4.78 is 0. The predicted octanol–water partition coefficient (Wildman–Crippen LogP) is 3.13. The molecule has 0 aromatic heterocycles. The van der Waals surface area contributed by atoms with Crippen molar-refractivity contribution in [2.75, 3.05) is 26.2 Å². The number of rotatable bonds is 5. The van der Waals surface area contributed by atoms with Gasteiger partial charge in [0.05, 0.1) is 0 Å². The quantitative estimate of drug-likeness (QED) is 0.794. The highest BCUT2D eigenvalue weighted by Crippen LogP contribution is 2.25. The van der Waals surface area contributed by atoms with Crippen molar-refractivity contribution in [2.24, 2.45) is 11.3 Å². The van der Waals surface area contributed by atoms with Gasteiger partial charge in [-0.15, -0.1) is 0 Å². The molecular weight excluding hydrogens is 208 g/mol. The number of hydrogen-bond acceptors (Lipinski definition) is 2. The zero-order chi connectivity index (χ0) is 12.9. The topological polar surface area (TPSA) is 15.3 Å². The van der Waals surface area contributed by atoms with Gasteiger partial charge in [-0.2, -0.15) is 0 Å². The Kier molecular flexibility index (Phi) is 5.94. The maximum atomic E-state index is 3.80. The van der Waals surface area contributed by atoms with Crippen LogP contribution >= 0.6 is 0 Å². The lowest BCUT2D eigenvalue weighted by Crippen LogP contribution is -2.39. The molecule has 0 amide bonds. The zero-order valence-corrected chi connectivity index (χ0v) is 12.6. The van der Waals surface area contributed by atoms with Crippen molar-refractivity contribution in [3.63, 3.8) is 0 Å². The molecule has 1 unspecified atom stereocenters. The van der Waals surface area contributed by atoms with Crippen molar-refractivity contribution in [2.45, 2.75) is 59.9 Å². The summed E-state index contributed by atoms with van der Waals surface area (Å²) in [6.45, 7) is 16.6. The Morgan fingerprint density at radius 3 is 2.53 bits per heavy atom. The van der Waals surface area contributed by atoms with Gasteiger partial charge in [0.15, 0.2) is 0 Å². The van der Waals surface area contributed by atoms with Crippen LogP contribution in [0.5, 0.6) is 0 Å². The third-order valence-corrected chi connectivity index (χ3v) is 4.68. The molecule has 2 heteroatoms. The van der Waals surface area contributed by atoms with Crippen LogP contribution in [0.3, 0.4) is 0 Å². The second-order valence-corrected chi connectivity index (χ2v) is 6.59. The molecule has 2 nitrogen and oxygen atoms in total. The molecule has 17 heavy (non-hydrogen) atoms. The molecule has 0 aromatic carbocycles. The summed E-state index contributed by atoms with van der Waals surface area (Å²) in [5, 5.41) is 3.80. The van der Waals surface area contributed by atoms with Gasteiger partial charge >= 0.3 is 0 Å². The molecule has 1 rings (SSSR count). The van der Waals surface area contributed by atoms with E-state index in [0.717, 1.165) is 18.5 Å². The van der Waals surface area contributed by atoms with Crippen molar-refractivity contribution >= 4 is 0 Å². The largest absolute Gasteiger partial charge is 0.313 e.